The summed E-state index contributed by atoms with van der Waals surface area (Å²) in [6.07, 6.45) is 9.51. The predicted molar refractivity (Wildman–Crippen MR) is 123 cm³/mol. The van der Waals surface area contributed by atoms with Crippen LogP contribution in [0.2, 0.25) is 0 Å². The summed E-state index contributed by atoms with van der Waals surface area (Å²) in [5.74, 6) is 3.16. The number of fused-ring (bicyclic) bond motifs is 5. The Bertz CT molecular complexity index is 720. The third-order valence-electron chi connectivity index (χ3n) is 12.2. The Labute approximate surface area is 198 Å². The van der Waals surface area contributed by atoms with Crippen molar-refractivity contribution in [1.82, 2.24) is 0 Å². The summed E-state index contributed by atoms with van der Waals surface area (Å²) < 4.78 is 40.7. The largest absolute Gasteiger partial charge is 0.417 e. The third kappa shape index (κ3) is 3.90. The van der Waals surface area contributed by atoms with E-state index in [0.717, 1.165) is 38.0 Å². The number of aliphatic hydroxyl groups is 2. The first-order valence-electron chi connectivity index (χ1n) is 14.0. The van der Waals surface area contributed by atoms with Crippen molar-refractivity contribution in [3.8, 4) is 0 Å². The molecule has 190 valence electrons. The first-order valence-corrected chi connectivity index (χ1v) is 14.0. The van der Waals surface area contributed by atoms with Crippen LogP contribution in [0.5, 0.6) is 0 Å². The van der Waals surface area contributed by atoms with Crippen LogP contribution in [-0.4, -0.2) is 28.1 Å². The highest BCUT2D eigenvalue weighted by molar-refractivity contribution is 5.11. The van der Waals surface area contributed by atoms with Gasteiger partial charge in [-0.3, -0.25) is 0 Å². The molecule has 0 radical (unpaired) electrons. The van der Waals surface area contributed by atoms with E-state index in [0.29, 0.717) is 35.5 Å². The molecule has 9 atom stereocenters. The molecule has 0 aliphatic heterocycles. The summed E-state index contributed by atoms with van der Waals surface area (Å²) in [6, 6.07) is 0. The fourth-order valence-corrected chi connectivity index (χ4v) is 9.72. The van der Waals surface area contributed by atoms with E-state index in [1.165, 1.54) is 44.9 Å². The van der Waals surface area contributed by atoms with Crippen molar-refractivity contribution in [2.75, 3.05) is 0 Å². The minimum absolute atomic E-state index is 0.00586. The van der Waals surface area contributed by atoms with Crippen molar-refractivity contribution in [3.05, 3.63) is 0 Å². The highest BCUT2D eigenvalue weighted by Gasteiger charge is 2.64. The van der Waals surface area contributed by atoms with Gasteiger partial charge in [0, 0.05) is 0 Å². The summed E-state index contributed by atoms with van der Waals surface area (Å²) >= 11 is 0. The van der Waals surface area contributed by atoms with Crippen molar-refractivity contribution in [2.45, 2.75) is 128 Å². The van der Waals surface area contributed by atoms with Crippen molar-refractivity contribution in [1.29, 1.82) is 0 Å². The van der Waals surface area contributed by atoms with Crippen molar-refractivity contribution in [2.24, 2.45) is 46.3 Å². The lowest BCUT2D eigenvalue weighted by Crippen LogP contribution is -2.59. The molecule has 5 fully saturated rings. The molecule has 5 heteroatoms. The Balaban J connectivity index is 1.23. The van der Waals surface area contributed by atoms with Crippen LogP contribution in [0.25, 0.3) is 0 Å². The first-order chi connectivity index (χ1) is 15.5. The summed E-state index contributed by atoms with van der Waals surface area (Å²) in [6.45, 7) is 4.78. The standard InChI is InChI=1S/C28H45F3O2/c1-25-14-13-23-21(11-9-20-17-27(33,28(29,30)31)16-15-26(20,23)2)22(25)12-10-19(25)7-4-8-24(32)18-5-3-6-18/h18-24,32-33H,3-17H2,1-2H3/t19-,20+,21+,22+,23+,24-,25-,26+,27+/m1/s1. The molecule has 0 aromatic heterocycles. The van der Waals surface area contributed by atoms with Gasteiger partial charge in [0.2, 0.25) is 0 Å². The summed E-state index contributed by atoms with van der Waals surface area (Å²) in [4.78, 5) is 0. The monoisotopic (exact) mass is 470 g/mol. The van der Waals surface area contributed by atoms with E-state index in [-0.39, 0.29) is 30.3 Å². The van der Waals surface area contributed by atoms with Crippen molar-refractivity contribution >= 4 is 0 Å². The minimum atomic E-state index is -4.51. The van der Waals surface area contributed by atoms with E-state index in [9.17, 15) is 23.4 Å². The maximum absolute atomic E-state index is 13.6. The molecule has 5 saturated carbocycles. The molecule has 0 spiro atoms. The number of halogens is 3. The molecule has 2 nitrogen and oxygen atoms in total. The van der Waals surface area contributed by atoms with Gasteiger partial charge >= 0.3 is 6.18 Å². The Hall–Kier alpha value is -0.290. The van der Waals surface area contributed by atoms with E-state index >= 15 is 0 Å². The zero-order valence-corrected chi connectivity index (χ0v) is 20.7. The third-order valence-corrected chi connectivity index (χ3v) is 12.2. The molecule has 5 aliphatic rings. The smallest absolute Gasteiger partial charge is 0.393 e. The zero-order chi connectivity index (χ0) is 23.6. The summed E-state index contributed by atoms with van der Waals surface area (Å²) in [5.41, 5.74) is -2.16. The molecule has 0 amide bonds. The van der Waals surface area contributed by atoms with E-state index < -0.39 is 11.8 Å². The molecule has 2 N–H and O–H groups in total. The SMILES string of the molecule is C[C@]12CC[C@@](O)(C(F)(F)F)C[C@@H]1CC[C@@H]1[C@@H]2CC[C@]2(C)[C@H](CCC[C@@H](O)C3CCC3)CC[C@@H]12. The van der Waals surface area contributed by atoms with E-state index in [4.69, 9.17) is 0 Å². The van der Waals surface area contributed by atoms with Gasteiger partial charge < -0.3 is 10.2 Å². The minimum Gasteiger partial charge on any atom is -0.393 e. The molecule has 0 unspecified atom stereocenters. The molecule has 0 aromatic rings. The van der Waals surface area contributed by atoms with Crippen LogP contribution in [0.1, 0.15) is 110 Å². The number of hydrogen-bond acceptors (Lipinski definition) is 2. The highest BCUT2D eigenvalue weighted by Crippen LogP contribution is 2.69. The molecule has 0 saturated heterocycles. The van der Waals surface area contributed by atoms with E-state index in [1.54, 1.807) is 0 Å². The molecular weight excluding hydrogens is 425 g/mol. The van der Waals surface area contributed by atoms with Gasteiger partial charge in [-0.05, 0) is 130 Å². The molecule has 5 aliphatic carbocycles. The summed E-state index contributed by atoms with van der Waals surface area (Å²) in [5, 5.41) is 20.8. The fourth-order valence-electron chi connectivity index (χ4n) is 9.72. The second-order valence-corrected chi connectivity index (χ2v) is 13.4. The normalized spacial score (nSPS) is 49.0. The molecule has 5 rings (SSSR count). The second-order valence-electron chi connectivity index (χ2n) is 13.4. The van der Waals surface area contributed by atoms with Gasteiger partial charge in [0.25, 0.3) is 0 Å². The lowest BCUT2D eigenvalue weighted by Gasteiger charge is -2.62. The van der Waals surface area contributed by atoms with Crippen LogP contribution in [-0.2, 0) is 0 Å². The van der Waals surface area contributed by atoms with Crippen LogP contribution in [0.15, 0.2) is 0 Å². The second kappa shape index (κ2) is 8.39. The number of hydrogen-bond donors (Lipinski definition) is 2. The predicted octanol–water partition coefficient (Wildman–Crippen LogP) is 7.27. The number of aliphatic hydroxyl groups excluding tert-OH is 1. The van der Waals surface area contributed by atoms with Crippen molar-refractivity contribution < 1.29 is 23.4 Å². The maximum Gasteiger partial charge on any atom is 0.417 e. The molecule has 33 heavy (non-hydrogen) atoms. The Morgan fingerprint density at radius 3 is 2.27 bits per heavy atom. The first kappa shape index (κ1) is 24.4. The van der Waals surface area contributed by atoms with Gasteiger partial charge in [-0.15, -0.1) is 0 Å². The Kier molecular flexibility index (Phi) is 6.20. The van der Waals surface area contributed by atoms with Crippen LogP contribution in [0.3, 0.4) is 0 Å². The average Bonchev–Trinajstić information content (AvgIpc) is 3.03. The number of alkyl halides is 3. The van der Waals surface area contributed by atoms with Crippen LogP contribution < -0.4 is 0 Å². The van der Waals surface area contributed by atoms with Gasteiger partial charge in [0.1, 0.15) is 0 Å². The molecular formula is C28H45F3O2. The molecule has 0 heterocycles. The quantitative estimate of drug-likeness (QED) is 0.443. The zero-order valence-electron chi connectivity index (χ0n) is 20.7. The van der Waals surface area contributed by atoms with E-state index in [2.05, 4.69) is 13.8 Å². The number of rotatable bonds is 5. The fraction of sp³-hybridized carbons (Fsp3) is 1.00. The Morgan fingerprint density at radius 1 is 0.879 bits per heavy atom. The summed E-state index contributed by atoms with van der Waals surface area (Å²) in [7, 11) is 0. The maximum atomic E-state index is 13.6. The van der Waals surface area contributed by atoms with Crippen LogP contribution in [0.4, 0.5) is 13.2 Å². The van der Waals surface area contributed by atoms with Crippen LogP contribution >= 0.6 is 0 Å². The molecule has 0 bridgehead atoms. The van der Waals surface area contributed by atoms with Gasteiger partial charge in [-0.2, -0.15) is 13.2 Å². The molecule has 0 aromatic carbocycles. The van der Waals surface area contributed by atoms with Crippen molar-refractivity contribution in [3.63, 3.8) is 0 Å². The van der Waals surface area contributed by atoms with E-state index in [1.807, 2.05) is 0 Å². The average molecular weight is 471 g/mol. The lowest BCUT2D eigenvalue weighted by atomic mass is 9.43. The van der Waals surface area contributed by atoms with Gasteiger partial charge in [0.05, 0.1) is 6.10 Å². The topological polar surface area (TPSA) is 40.5 Å². The van der Waals surface area contributed by atoms with Gasteiger partial charge in [-0.25, -0.2) is 0 Å². The van der Waals surface area contributed by atoms with Crippen LogP contribution in [0, 0.1) is 46.3 Å². The Morgan fingerprint density at radius 2 is 1.61 bits per heavy atom. The van der Waals surface area contributed by atoms with Gasteiger partial charge in [-0.1, -0.05) is 26.7 Å². The highest BCUT2D eigenvalue weighted by atomic mass is 19.4. The lowest BCUT2D eigenvalue weighted by molar-refractivity contribution is -0.290. The van der Waals surface area contributed by atoms with Gasteiger partial charge in [0.15, 0.2) is 5.60 Å².